The Morgan fingerprint density at radius 1 is 0.880 bits per heavy atom. The molecule has 0 heteroatoms. The second-order valence-electron chi connectivity index (χ2n) is 8.13. The van der Waals surface area contributed by atoms with Gasteiger partial charge in [-0.3, -0.25) is 0 Å². The number of allylic oxidation sites excluding steroid dienone is 2. The third-order valence-electron chi connectivity index (χ3n) is 6.44. The lowest BCUT2D eigenvalue weighted by Crippen LogP contribution is -2.23. The van der Waals surface area contributed by atoms with Gasteiger partial charge in [-0.2, -0.15) is 0 Å². The summed E-state index contributed by atoms with van der Waals surface area (Å²) in [6, 6.07) is 8.72. The summed E-state index contributed by atoms with van der Waals surface area (Å²) >= 11 is 0. The van der Waals surface area contributed by atoms with Gasteiger partial charge in [-0.05, 0) is 79.5 Å². The molecule has 0 nitrogen and oxygen atoms in total. The molecule has 134 valence electrons. The van der Waals surface area contributed by atoms with Crippen molar-refractivity contribution in [2.75, 3.05) is 0 Å². The summed E-state index contributed by atoms with van der Waals surface area (Å²) in [5.74, 6) is 9.74. The first kappa shape index (κ1) is 18.3. The lowest BCUT2D eigenvalue weighted by molar-refractivity contribution is 0.187. The predicted molar refractivity (Wildman–Crippen MR) is 108 cm³/mol. The van der Waals surface area contributed by atoms with Gasteiger partial charge >= 0.3 is 0 Å². The predicted octanol–water partition coefficient (Wildman–Crippen LogP) is 6.93. The first-order valence-corrected chi connectivity index (χ1v) is 10.6. The molecule has 3 rings (SSSR count). The molecule has 2 aliphatic rings. The second-order valence-corrected chi connectivity index (χ2v) is 8.13. The Morgan fingerprint density at radius 3 is 2.24 bits per heavy atom. The molecule has 0 spiro atoms. The lowest BCUT2D eigenvalue weighted by atomic mass is 9.71. The highest BCUT2D eigenvalue weighted by Gasteiger charge is 2.28. The van der Waals surface area contributed by atoms with Gasteiger partial charge in [0.15, 0.2) is 0 Å². The van der Waals surface area contributed by atoms with Crippen molar-refractivity contribution in [3.63, 3.8) is 0 Å². The van der Waals surface area contributed by atoms with Crippen molar-refractivity contribution in [1.29, 1.82) is 0 Å². The van der Waals surface area contributed by atoms with E-state index in [1.165, 1.54) is 68.9 Å². The third-order valence-corrected chi connectivity index (χ3v) is 6.44. The monoisotopic (exact) mass is 334 g/mol. The quantitative estimate of drug-likeness (QED) is 0.523. The standard InChI is InChI=1S/C25H34/c1-3-5-21-12-16-24(17-13-21)25-18-14-23(15-19-25)11-10-22-8-6-20(4-2)7-9-22/h6-9,14,21,24-25H,3-5,12-13,15-19H2,1-2H3. The van der Waals surface area contributed by atoms with E-state index in [-0.39, 0.29) is 0 Å². The molecule has 25 heavy (non-hydrogen) atoms. The van der Waals surface area contributed by atoms with Gasteiger partial charge in [0, 0.05) is 5.56 Å². The van der Waals surface area contributed by atoms with E-state index in [9.17, 15) is 0 Å². The molecule has 0 bridgehead atoms. The molecule has 0 N–H and O–H groups in total. The van der Waals surface area contributed by atoms with Crippen LogP contribution in [0.25, 0.3) is 0 Å². The van der Waals surface area contributed by atoms with Crippen LogP contribution in [0.1, 0.15) is 82.8 Å². The summed E-state index contributed by atoms with van der Waals surface area (Å²) in [4.78, 5) is 0. The van der Waals surface area contributed by atoms with Gasteiger partial charge in [0.2, 0.25) is 0 Å². The Hall–Kier alpha value is -1.48. The maximum atomic E-state index is 3.43. The SMILES string of the molecule is CCCC1CCC(C2CC=C(C#Cc3ccc(CC)cc3)CC2)CC1. The zero-order chi connectivity index (χ0) is 17.5. The summed E-state index contributed by atoms with van der Waals surface area (Å²) in [5.41, 5.74) is 3.91. The minimum atomic E-state index is 0.928. The fourth-order valence-corrected chi connectivity index (χ4v) is 4.73. The lowest BCUT2D eigenvalue weighted by Gasteiger charge is -2.35. The van der Waals surface area contributed by atoms with Crippen LogP contribution in [-0.2, 0) is 6.42 Å². The maximum absolute atomic E-state index is 3.43. The van der Waals surface area contributed by atoms with Gasteiger partial charge in [0.25, 0.3) is 0 Å². The fourth-order valence-electron chi connectivity index (χ4n) is 4.73. The van der Waals surface area contributed by atoms with Crippen molar-refractivity contribution in [3.8, 4) is 11.8 Å². The van der Waals surface area contributed by atoms with Gasteiger partial charge in [-0.15, -0.1) is 0 Å². The maximum Gasteiger partial charge on any atom is 0.0249 e. The van der Waals surface area contributed by atoms with Crippen LogP contribution in [-0.4, -0.2) is 0 Å². The Balaban J connectivity index is 1.50. The normalized spacial score (nSPS) is 26.5. The van der Waals surface area contributed by atoms with Gasteiger partial charge < -0.3 is 0 Å². The molecule has 0 radical (unpaired) electrons. The van der Waals surface area contributed by atoms with Crippen LogP contribution in [0.2, 0.25) is 0 Å². The van der Waals surface area contributed by atoms with E-state index in [1.54, 1.807) is 0 Å². The zero-order valence-electron chi connectivity index (χ0n) is 16.2. The van der Waals surface area contributed by atoms with Gasteiger partial charge in [0.1, 0.15) is 0 Å². The average Bonchev–Trinajstić information content (AvgIpc) is 2.68. The molecular weight excluding hydrogens is 300 g/mol. The van der Waals surface area contributed by atoms with Crippen molar-refractivity contribution in [2.24, 2.45) is 17.8 Å². The summed E-state index contributed by atoms with van der Waals surface area (Å²) in [6.07, 6.45) is 16.1. The van der Waals surface area contributed by atoms with Crippen molar-refractivity contribution in [1.82, 2.24) is 0 Å². The molecule has 2 aliphatic carbocycles. The number of hydrogen-bond acceptors (Lipinski definition) is 0. The average molecular weight is 335 g/mol. The Labute approximate surface area is 155 Å². The van der Waals surface area contributed by atoms with Crippen LogP contribution in [0.5, 0.6) is 0 Å². The molecule has 1 saturated carbocycles. The number of hydrogen-bond donors (Lipinski definition) is 0. The largest absolute Gasteiger partial charge is 0.0726 e. The van der Waals surface area contributed by atoms with Crippen molar-refractivity contribution < 1.29 is 0 Å². The number of aryl methyl sites for hydroxylation is 1. The molecule has 0 aromatic heterocycles. The minimum absolute atomic E-state index is 0.928. The molecule has 1 fully saturated rings. The van der Waals surface area contributed by atoms with Crippen LogP contribution in [0.4, 0.5) is 0 Å². The van der Waals surface area contributed by atoms with Crippen LogP contribution in [0.15, 0.2) is 35.9 Å². The Bertz CT molecular complexity index is 614. The van der Waals surface area contributed by atoms with E-state index in [4.69, 9.17) is 0 Å². The smallest absolute Gasteiger partial charge is 0.0249 e. The molecule has 1 aromatic carbocycles. The van der Waals surface area contributed by atoms with Crippen molar-refractivity contribution in [2.45, 2.75) is 78.1 Å². The van der Waals surface area contributed by atoms with Gasteiger partial charge in [-0.1, -0.05) is 69.6 Å². The van der Waals surface area contributed by atoms with E-state index in [1.807, 2.05) is 0 Å². The molecular formula is C25H34. The number of benzene rings is 1. The van der Waals surface area contributed by atoms with E-state index >= 15 is 0 Å². The minimum Gasteiger partial charge on any atom is -0.0726 e. The third kappa shape index (κ3) is 5.24. The molecule has 1 atom stereocenters. The summed E-state index contributed by atoms with van der Waals surface area (Å²) in [6.45, 7) is 4.53. The topological polar surface area (TPSA) is 0 Å². The zero-order valence-corrected chi connectivity index (χ0v) is 16.2. The first-order valence-electron chi connectivity index (χ1n) is 10.6. The summed E-state index contributed by atoms with van der Waals surface area (Å²) in [5, 5.41) is 0. The molecule has 1 aromatic rings. The van der Waals surface area contributed by atoms with E-state index < -0.39 is 0 Å². The van der Waals surface area contributed by atoms with Gasteiger partial charge in [0.05, 0.1) is 0 Å². The van der Waals surface area contributed by atoms with Crippen molar-refractivity contribution >= 4 is 0 Å². The highest BCUT2D eigenvalue weighted by atomic mass is 14.3. The van der Waals surface area contributed by atoms with E-state index in [0.29, 0.717) is 0 Å². The van der Waals surface area contributed by atoms with Gasteiger partial charge in [-0.25, -0.2) is 0 Å². The second kappa shape index (κ2) is 9.28. The van der Waals surface area contributed by atoms with E-state index in [2.05, 4.69) is 56.0 Å². The highest BCUT2D eigenvalue weighted by Crippen LogP contribution is 2.40. The van der Waals surface area contributed by atoms with Crippen molar-refractivity contribution in [3.05, 3.63) is 47.0 Å². The Kier molecular flexibility index (Phi) is 6.80. The van der Waals surface area contributed by atoms with Crippen LogP contribution in [0, 0.1) is 29.6 Å². The molecule has 0 saturated heterocycles. The number of rotatable bonds is 4. The molecule has 1 unspecified atom stereocenters. The Morgan fingerprint density at radius 2 is 1.64 bits per heavy atom. The molecule has 0 amide bonds. The first-order chi connectivity index (χ1) is 12.3. The fraction of sp³-hybridized carbons (Fsp3) is 0.600. The summed E-state index contributed by atoms with van der Waals surface area (Å²) < 4.78 is 0. The van der Waals surface area contributed by atoms with Crippen LogP contribution < -0.4 is 0 Å². The highest BCUT2D eigenvalue weighted by molar-refractivity contribution is 5.42. The van der Waals surface area contributed by atoms with Crippen LogP contribution in [0.3, 0.4) is 0 Å². The molecule has 0 heterocycles. The van der Waals surface area contributed by atoms with E-state index in [0.717, 1.165) is 29.7 Å². The summed E-state index contributed by atoms with van der Waals surface area (Å²) in [7, 11) is 0. The molecule has 0 aliphatic heterocycles. The van der Waals surface area contributed by atoms with Crippen LogP contribution >= 0.6 is 0 Å².